The van der Waals surface area contributed by atoms with E-state index in [1.807, 2.05) is 0 Å². The lowest BCUT2D eigenvalue weighted by molar-refractivity contribution is -0.921. The highest BCUT2D eigenvalue weighted by Gasteiger charge is 2.18. The molecule has 62 valence electrons. The number of rotatable bonds is 5. The molecule has 0 aliphatic rings. The third kappa shape index (κ3) is 2.27. The van der Waals surface area contributed by atoms with Crippen LogP contribution >= 0.6 is 0 Å². The highest BCUT2D eigenvalue weighted by Crippen LogP contribution is 2.03. The van der Waals surface area contributed by atoms with Crippen molar-refractivity contribution < 1.29 is 4.48 Å². The van der Waals surface area contributed by atoms with Crippen molar-refractivity contribution in [1.82, 2.24) is 0 Å². The molecule has 0 radical (unpaired) electrons. The first kappa shape index (κ1) is 9.92. The maximum atomic E-state index is 5.53. The molecule has 0 aliphatic heterocycles. The third-order valence-electron chi connectivity index (χ3n) is 2.62. The van der Waals surface area contributed by atoms with Gasteiger partial charge in [-0.1, -0.05) is 0 Å². The SMILES string of the molecule is CC[N+](CC)(CC)CCN. The lowest BCUT2D eigenvalue weighted by atomic mass is 10.3. The van der Waals surface area contributed by atoms with Gasteiger partial charge in [-0.3, -0.25) is 0 Å². The number of nitrogens with zero attached hydrogens (tertiary/aromatic N) is 1. The molecule has 2 nitrogen and oxygen atoms in total. The Labute approximate surface area is 64.6 Å². The Morgan fingerprint density at radius 3 is 1.50 bits per heavy atom. The van der Waals surface area contributed by atoms with Crippen LogP contribution < -0.4 is 5.73 Å². The Bertz CT molecular complexity index is 69.1. The molecule has 0 aromatic carbocycles. The van der Waals surface area contributed by atoms with Crippen molar-refractivity contribution in [3.63, 3.8) is 0 Å². The smallest absolute Gasteiger partial charge is 0.0911 e. The van der Waals surface area contributed by atoms with Gasteiger partial charge in [-0.05, 0) is 20.8 Å². The van der Waals surface area contributed by atoms with E-state index in [-0.39, 0.29) is 0 Å². The second kappa shape index (κ2) is 4.69. The summed E-state index contributed by atoms with van der Waals surface area (Å²) in [5.41, 5.74) is 5.53. The zero-order valence-corrected chi connectivity index (χ0v) is 7.56. The van der Waals surface area contributed by atoms with Gasteiger partial charge in [-0.15, -0.1) is 0 Å². The van der Waals surface area contributed by atoms with Crippen LogP contribution in [0.1, 0.15) is 20.8 Å². The first-order chi connectivity index (χ1) is 4.74. The second-order valence-corrected chi connectivity index (χ2v) is 2.80. The molecule has 0 bridgehead atoms. The van der Waals surface area contributed by atoms with Gasteiger partial charge >= 0.3 is 0 Å². The van der Waals surface area contributed by atoms with Crippen molar-refractivity contribution in [1.29, 1.82) is 0 Å². The molecule has 0 fully saturated rings. The largest absolute Gasteiger partial charge is 0.326 e. The summed E-state index contributed by atoms with van der Waals surface area (Å²) in [4.78, 5) is 0. The molecule has 0 heterocycles. The predicted octanol–water partition coefficient (Wildman–Crippen LogP) is 0.822. The highest BCUT2D eigenvalue weighted by molar-refractivity contribution is 4.38. The van der Waals surface area contributed by atoms with E-state index in [4.69, 9.17) is 5.73 Å². The van der Waals surface area contributed by atoms with Crippen LogP contribution in [0.2, 0.25) is 0 Å². The van der Waals surface area contributed by atoms with E-state index >= 15 is 0 Å². The van der Waals surface area contributed by atoms with Crippen LogP contribution in [0.25, 0.3) is 0 Å². The maximum absolute atomic E-state index is 5.53. The van der Waals surface area contributed by atoms with Crippen LogP contribution in [0.5, 0.6) is 0 Å². The summed E-state index contributed by atoms with van der Waals surface area (Å²) < 4.78 is 1.18. The number of nitrogens with two attached hydrogens (primary N) is 1. The zero-order valence-electron chi connectivity index (χ0n) is 7.56. The molecule has 0 amide bonds. The van der Waals surface area contributed by atoms with Crippen molar-refractivity contribution in [2.45, 2.75) is 20.8 Å². The molecule has 0 aliphatic carbocycles. The van der Waals surface area contributed by atoms with Crippen LogP contribution in [0, 0.1) is 0 Å². The van der Waals surface area contributed by atoms with Crippen LogP contribution in [-0.2, 0) is 0 Å². The van der Waals surface area contributed by atoms with E-state index in [2.05, 4.69) is 20.8 Å². The summed E-state index contributed by atoms with van der Waals surface area (Å²) in [6, 6.07) is 0. The predicted molar refractivity (Wildman–Crippen MR) is 45.8 cm³/mol. The van der Waals surface area contributed by atoms with E-state index in [1.54, 1.807) is 0 Å². The number of likely N-dealkylation sites (N-methyl/N-ethyl adjacent to an activating group) is 1. The van der Waals surface area contributed by atoms with E-state index in [1.165, 1.54) is 24.1 Å². The zero-order chi connectivity index (χ0) is 8.04. The molecule has 0 atom stereocenters. The molecule has 0 spiro atoms. The summed E-state index contributed by atoms with van der Waals surface area (Å²) >= 11 is 0. The van der Waals surface area contributed by atoms with Gasteiger partial charge in [0.05, 0.1) is 26.2 Å². The summed E-state index contributed by atoms with van der Waals surface area (Å²) in [7, 11) is 0. The summed E-state index contributed by atoms with van der Waals surface area (Å²) in [5.74, 6) is 0. The third-order valence-corrected chi connectivity index (χ3v) is 2.62. The Morgan fingerprint density at radius 2 is 1.40 bits per heavy atom. The van der Waals surface area contributed by atoms with Gasteiger partial charge in [0.2, 0.25) is 0 Å². The monoisotopic (exact) mass is 145 g/mol. The molecule has 2 N–H and O–H groups in total. The molecular formula is C8H21N2+. The van der Waals surface area contributed by atoms with Crippen molar-refractivity contribution in [2.75, 3.05) is 32.7 Å². The minimum absolute atomic E-state index is 0.815. The fourth-order valence-electron chi connectivity index (χ4n) is 1.42. The topological polar surface area (TPSA) is 26.0 Å². The molecule has 0 aromatic rings. The number of hydrogen-bond acceptors (Lipinski definition) is 1. The molecule has 0 saturated carbocycles. The lowest BCUT2D eigenvalue weighted by Crippen LogP contribution is -2.50. The van der Waals surface area contributed by atoms with E-state index in [9.17, 15) is 0 Å². The molecular weight excluding hydrogens is 124 g/mol. The maximum Gasteiger partial charge on any atom is 0.0911 e. The van der Waals surface area contributed by atoms with Gasteiger partial charge in [-0.25, -0.2) is 0 Å². The van der Waals surface area contributed by atoms with Gasteiger partial charge in [-0.2, -0.15) is 0 Å². The Kier molecular flexibility index (Phi) is 4.65. The fourth-order valence-corrected chi connectivity index (χ4v) is 1.42. The normalized spacial score (nSPS) is 12.0. The molecule has 0 saturated heterocycles. The van der Waals surface area contributed by atoms with Gasteiger partial charge in [0.25, 0.3) is 0 Å². The van der Waals surface area contributed by atoms with Crippen molar-refractivity contribution in [3.8, 4) is 0 Å². The van der Waals surface area contributed by atoms with Gasteiger partial charge < -0.3 is 10.2 Å². The molecule has 10 heavy (non-hydrogen) atoms. The Hall–Kier alpha value is -0.0800. The average Bonchev–Trinajstić information content (AvgIpc) is 2.01. The Morgan fingerprint density at radius 1 is 1.00 bits per heavy atom. The second-order valence-electron chi connectivity index (χ2n) is 2.80. The summed E-state index contributed by atoms with van der Waals surface area (Å²) in [5, 5.41) is 0. The highest BCUT2D eigenvalue weighted by atomic mass is 15.3. The lowest BCUT2D eigenvalue weighted by Gasteiger charge is -2.35. The fraction of sp³-hybridized carbons (Fsp3) is 1.00. The number of hydrogen-bond donors (Lipinski definition) is 1. The van der Waals surface area contributed by atoms with Crippen LogP contribution in [0.4, 0.5) is 0 Å². The van der Waals surface area contributed by atoms with Crippen LogP contribution in [0.15, 0.2) is 0 Å². The quantitative estimate of drug-likeness (QED) is 0.570. The minimum Gasteiger partial charge on any atom is -0.326 e. The van der Waals surface area contributed by atoms with Crippen molar-refractivity contribution in [3.05, 3.63) is 0 Å². The van der Waals surface area contributed by atoms with E-state index < -0.39 is 0 Å². The first-order valence-corrected chi connectivity index (χ1v) is 4.29. The molecule has 0 rings (SSSR count). The summed E-state index contributed by atoms with van der Waals surface area (Å²) in [6.07, 6.45) is 0. The minimum atomic E-state index is 0.815. The first-order valence-electron chi connectivity index (χ1n) is 4.29. The van der Waals surface area contributed by atoms with E-state index in [0.29, 0.717) is 0 Å². The van der Waals surface area contributed by atoms with Gasteiger partial charge in [0.1, 0.15) is 0 Å². The molecule has 0 aromatic heterocycles. The van der Waals surface area contributed by atoms with Crippen molar-refractivity contribution >= 4 is 0 Å². The van der Waals surface area contributed by atoms with Crippen molar-refractivity contribution in [2.24, 2.45) is 5.73 Å². The van der Waals surface area contributed by atoms with E-state index in [0.717, 1.165) is 13.1 Å². The standard InChI is InChI=1S/C8H21N2/c1-4-10(5-2,6-3)8-7-9/h4-9H2,1-3H3/q+1. The van der Waals surface area contributed by atoms with Gasteiger partial charge in [0.15, 0.2) is 0 Å². The molecule has 0 unspecified atom stereocenters. The Balaban J connectivity index is 3.87. The molecule has 2 heteroatoms. The average molecular weight is 145 g/mol. The van der Waals surface area contributed by atoms with Crippen LogP contribution in [0.3, 0.4) is 0 Å². The summed E-state index contributed by atoms with van der Waals surface area (Å²) in [6.45, 7) is 12.3. The van der Waals surface area contributed by atoms with Crippen LogP contribution in [-0.4, -0.2) is 37.2 Å². The number of quaternary nitrogens is 1. The van der Waals surface area contributed by atoms with Gasteiger partial charge in [0, 0.05) is 6.54 Å².